The maximum atomic E-state index is 12.0. The standard InChI is InChI=1S/C13H21N5O3/c19-12(20)4-3-10-5-7-18(8-10)13(21)14-6-1-2-11-15-9-16-17-11/h9-10H,1-8H2,(H,14,21)(H,19,20)(H,15,16,17). The average molecular weight is 295 g/mol. The van der Waals surface area contributed by atoms with E-state index < -0.39 is 5.97 Å². The van der Waals surface area contributed by atoms with Gasteiger partial charge in [0.15, 0.2) is 0 Å². The first-order valence-electron chi connectivity index (χ1n) is 7.24. The summed E-state index contributed by atoms with van der Waals surface area (Å²) in [7, 11) is 0. The topological polar surface area (TPSA) is 111 Å². The van der Waals surface area contributed by atoms with Gasteiger partial charge in [0.25, 0.3) is 0 Å². The van der Waals surface area contributed by atoms with Crippen LogP contribution in [0.4, 0.5) is 4.79 Å². The molecule has 116 valence electrons. The maximum absolute atomic E-state index is 12.0. The van der Waals surface area contributed by atoms with Crippen LogP contribution in [0, 0.1) is 5.92 Å². The van der Waals surface area contributed by atoms with E-state index in [1.807, 2.05) is 0 Å². The Labute approximate surface area is 122 Å². The number of aromatic amines is 1. The highest BCUT2D eigenvalue weighted by molar-refractivity contribution is 5.74. The van der Waals surface area contributed by atoms with Gasteiger partial charge in [-0.1, -0.05) is 0 Å². The van der Waals surface area contributed by atoms with E-state index in [9.17, 15) is 9.59 Å². The van der Waals surface area contributed by atoms with Crippen LogP contribution in [0.2, 0.25) is 0 Å². The fraction of sp³-hybridized carbons (Fsp3) is 0.692. The summed E-state index contributed by atoms with van der Waals surface area (Å²) in [5.41, 5.74) is 0. The van der Waals surface area contributed by atoms with Crippen LogP contribution in [-0.2, 0) is 11.2 Å². The van der Waals surface area contributed by atoms with Crippen LogP contribution < -0.4 is 5.32 Å². The lowest BCUT2D eigenvalue weighted by molar-refractivity contribution is -0.137. The largest absolute Gasteiger partial charge is 0.481 e. The van der Waals surface area contributed by atoms with E-state index in [0.29, 0.717) is 32.0 Å². The van der Waals surface area contributed by atoms with Crippen molar-refractivity contribution in [3.05, 3.63) is 12.2 Å². The Bertz CT molecular complexity index is 462. The molecule has 1 aliphatic heterocycles. The van der Waals surface area contributed by atoms with Crippen LogP contribution in [0.25, 0.3) is 0 Å². The van der Waals surface area contributed by atoms with Crippen molar-refractivity contribution in [3.63, 3.8) is 0 Å². The van der Waals surface area contributed by atoms with Gasteiger partial charge in [-0.2, -0.15) is 5.10 Å². The van der Waals surface area contributed by atoms with Gasteiger partial charge in [0, 0.05) is 32.5 Å². The molecule has 21 heavy (non-hydrogen) atoms. The van der Waals surface area contributed by atoms with Crippen LogP contribution in [0.15, 0.2) is 6.33 Å². The summed E-state index contributed by atoms with van der Waals surface area (Å²) in [5, 5.41) is 18.1. The number of likely N-dealkylation sites (tertiary alicyclic amines) is 1. The highest BCUT2D eigenvalue weighted by Gasteiger charge is 2.26. The Morgan fingerprint density at radius 3 is 3.10 bits per heavy atom. The summed E-state index contributed by atoms with van der Waals surface area (Å²) in [6.07, 6.45) is 4.73. The number of carbonyl (C=O) groups excluding carboxylic acids is 1. The van der Waals surface area contributed by atoms with Crippen molar-refractivity contribution in [2.24, 2.45) is 5.92 Å². The smallest absolute Gasteiger partial charge is 0.317 e. The number of carboxylic acid groups (broad SMARTS) is 1. The number of aryl methyl sites for hydroxylation is 1. The quantitative estimate of drug-likeness (QED) is 0.639. The van der Waals surface area contributed by atoms with E-state index in [1.165, 1.54) is 6.33 Å². The number of carboxylic acids is 1. The molecule has 0 spiro atoms. The molecule has 0 aliphatic carbocycles. The van der Waals surface area contributed by atoms with Crippen molar-refractivity contribution >= 4 is 12.0 Å². The zero-order valence-electron chi connectivity index (χ0n) is 11.9. The van der Waals surface area contributed by atoms with E-state index in [2.05, 4.69) is 20.5 Å². The van der Waals surface area contributed by atoms with Crippen LogP contribution in [0.3, 0.4) is 0 Å². The fourth-order valence-corrected chi connectivity index (χ4v) is 2.49. The van der Waals surface area contributed by atoms with E-state index in [4.69, 9.17) is 5.11 Å². The molecule has 2 rings (SSSR count). The minimum atomic E-state index is -0.773. The molecule has 8 heteroatoms. The number of carbonyl (C=O) groups is 2. The SMILES string of the molecule is O=C(O)CCC1CCN(C(=O)NCCCc2ncn[nH]2)C1. The number of hydrogen-bond donors (Lipinski definition) is 3. The van der Waals surface area contributed by atoms with Gasteiger partial charge in [-0.15, -0.1) is 0 Å². The third-order valence-corrected chi connectivity index (χ3v) is 3.67. The predicted molar refractivity (Wildman–Crippen MR) is 74.7 cm³/mol. The normalized spacial score (nSPS) is 17.9. The number of H-pyrrole nitrogens is 1. The van der Waals surface area contributed by atoms with Crippen LogP contribution in [-0.4, -0.2) is 56.8 Å². The molecule has 0 radical (unpaired) electrons. The molecule has 0 saturated carbocycles. The van der Waals surface area contributed by atoms with E-state index in [1.54, 1.807) is 4.90 Å². The van der Waals surface area contributed by atoms with Gasteiger partial charge in [-0.25, -0.2) is 9.78 Å². The second kappa shape index (κ2) is 7.61. The second-order valence-electron chi connectivity index (χ2n) is 5.30. The number of nitrogens with one attached hydrogen (secondary N) is 2. The molecule has 1 aliphatic rings. The summed E-state index contributed by atoms with van der Waals surface area (Å²) >= 11 is 0. The number of nitrogens with zero attached hydrogens (tertiary/aromatic N) is 3. The lowest BCUT2D eigenvalue weighted by Gasteiger charge is -2.17. The van der Waals surface area contributed by atoms with E-state index >= 15 is 0 Å². The first-order chi connectivity index (χ1) is 10.1. The first-order valence-corrected chi connectivity index (χ1v) is 7.24. The lowest BCUT2D eigenvalue weighted by Crippen LogP contribution is -2.39. The monoisotopic (exact) mass is 295 g/mol. The molecule has 2 heterocycles. The Morgan fingerprint density at radius 1 is 1.52 bits per heavy atom. The number of aliphatic carboxylic acids is 1. The number of aromatic nitrogens is 3. The Hall–Kier alpha value is -2.12. The van der Waals surface area contributed by atoms with Crippen molar-refractivity contribution in [3.8, 4) is 0 Å². The summed E-state index contributed by atoms with van der Waals surface area (Å²) in [6.45, 7) is 1.95. The molecule has 1 aromatic heterocycles. The first kappa shape index (κ1) is 15.3. The van der Waals surface area contributed by atoms with Gasteiger partial charge in [0.2, 0.25) is 0 Å². The van der Waals surface area contributed by atoms with Crippen LogP contribution >= 0.6 is 0 Å². The van der Waals surface area contributed by atoms with Crippen molar-refractivity contribution in [1.29, 1.82) is 0 Å². The number of rotatable bonds is 7. The van der Waals surface area contributed by atoms with Gasteiger partial charge >= 0.3 is 12.0 Å². The Balaban J connectivity index is 1.59. The van der Waals surface area contributed by atoms with Crippen molar-refractivity contribution in [2.75, 3.05) is 19.6 Å². The summed E-state index contributed by atoms with van der Waals surface area (Å²) in [6, 6.07) is -0.0644. The molecule has 1 unspecified atom stereocenters. The van der Waals surface area contributed by atoms with E-state index in [-0.39, 0.29) is 12.5 Å². The maximum Gasteiger partial charge on any atom is 0.317 e. The molecule has 0 bridgehead atoms. The molecule has 1 atom stereocenters. The summed E-state index contributed by atoms with van der Waals surface area (Å²) < 4.78 is 0. The zero-order chi connectivity index (χ0) is 15.1. The number of amides is 2. The third kappa shape index (κ3) is 5.05. The second-order valence-corrected chi connectivity index (χ2v) is 5.30. The number of hydrogen-bond acceptors (Lipinski definition) is 4. The molecule has 0 aromatic carbocycles. The Morgan fingerprint density at radius 2 is 2.38 bits per heavy atom. The van der Waals surface area contributed by atoms with Gasteiger partial charge in [-0.3, -0.25) is 9.89 Å². The molecule has 3 N–H and O–H groups in total. The molecule has 1 aromatic rings. The molecular formula is C13H21N5O3. The van der Waals surface area contributed by atoms with Crippen LogP contribution in [0.5, 0.6) is 0 Å². The molecular weight excluding hydrogens is 274 g/mol. The summed E-state index contributed by atoms with van der Waals surface area (Å²) in [4.78, 5) is 28.3. The Kier molecular flexibility index (Phi) is 5.53. The lowest BCUT2D eigenvalue weighted by atomic mass is 10.0. The number of urea groups is 1. The van der Waals surface area contributed by atoms with Gasteiger partial charge in [0.1, 0.15) is 12.2 Å². The van der Waals surface area contributed by atoms with Gasteiger partial charge in [-0.05, 0) is 25.2 Å². The van der Waals surface area contributed by atoms with Crippen molar-refractivity contribution in [1.82, 2.24) is 25.4 Å². The van der Waals surface area contributed by atoms with Crippen molar-refractivity contribution < 1.29 is 14.7 Å². The van der Waals surface area contributed by atoms with E-state index in [0.717, 1.165) is 25.1 Å². The zero-order valence-corrected chi connectivity index (χ0v) is 11.9. The highest BCUT2D eigenvalue weighted by Crippen LogP contribution is 2.20. The fourth-order valence-electron chi connectivity index (χ4n) is 2.49. The predicted octanol–water partition coefficient (Wildman–Crippen LogP) is 0.634. The minimum absolute atomic E-state index is 0.0644. The average Bonchev–Trinajstić information content (AvgIpc) is 3.12. The van der Waals surface area contributed by atoms with Gasteiger partial charge in [0.05, 0.1) is 0 Å². The third-order valence-electron chi connectivity index (χ3n) is 3.67. The highest BCUT2D eigenvalue weighted by atomic mass is 16.4. The van der Waals surface area contributed by atoms with Crippen LogP contribution in [0.1, 0.15) is 31.5 Å². The minimum Gasteiger partial charge on any atom is -0.481 e. The molecule has 1 saturated heterocycles. The summed E-state index contributed by atoms with van der Waals surface area (Å²) in [5.74, 6) is 0.352. The molecule has 2 amide bonds. The van der Waals surface area contributed by atoms with Gasteiger partial charge < -0.3 is 15.3 Å². The van der Waals surface area contributed by atoms with Crippen molar-refractivity contribution in [2.45, 2.75) is 32.1 Å². The molecule has 1 fully saturated rings. The molecule has 8 nitrogen and oxygen atoms in total.